The third-order valence-corrected chi connectivity index (χ3v) is 3.16. The molecule has 0 bridgehead atoms. The van der Waals surface area contributed by atoms with Crippen molar-refractivity contribution >= 4 is 11.6 Å². The van der Waals surface area contributed by atoms with E-state index in [0.29, 0.717) is 0 Å². The Morgan fingerprint density at radius 2 is 1.89 bits per heavy atom. The molecule has 0 N–H and O–H groups in total. The first kappa shape index (κ1) is 13.8. The maximum atomic E-state index is 6.06. The minimum absolute atomic E-state index is 0.125. The molecule has 0 aliphatic carbocycles. The van der Waals surface area contributed by atoms with Crippen LogP contribution in [-0.4, -0.2) is 34.2 Å². The molecule has 3 nitrogen and oxygen atoms in total. The maximum Gasteiger partial charge on any atom is 0.0760 e. The van der Waals surface area contributed by atoms with Crippen LogP contribution >= 0.6 is 11.6 Å². The van der Waals surface area contributed by atoms with Gasteiger partial charge in [-0.3, -0.25) is 9.88 Å². The van der Waals surface area contributed by atoms with Crippen LogP contribution in [0.25, 0.3) is 0 Å². The van der Waals surface area contributed by atoms with Gasteiger partial charge < -0.3 is 4.74 Å². The summed E-state index contributed by atoms with van der Waals surface area (Å²) in [4.78, 5) is 6.74. The monoisotopic (exact) mass is 268 g/mol. The number of hydrogen-bond acceptors (Lipinski definition) is 3. The minimum Gasteiger partial charge on any atom is -0.367 e. The van der Waals surface area contributed by atoms with Gasteiger partial charge in [0.1, 0.15) is 0 Å². The first-order chi connectivity index (χ1) is 8.26. The summed E-state index contributed by atoms with van der Waals surface area (Å²) in [6, 6.07) is 3.73. The average molecular weight is 269 g/mol. The maximum absolute atomic E-state index is 6.06. The number of morpholine rings is 1. The third kappa shape index (κ3) is 3.67. The van der Waals surface area contributed by atoms with Crippen LogP contribution in [0.4, 0.5) is 0 Å². The van der Waals surface area contributed by atoms with Gasteiger partial charge in [0.2, 0.25) is 0 Å². The lowest BCUT2D eigenvalue weighted by Crippen LogP contribution is -2.56. The zero-order valence-electron chi connectivity index (χ0n) is 11.5. The Bertz CT molecular complexity index is 416. The second-order valence-corrected chi connectivity index (χ2v) is 6.67. The summed E-state index contributed by atoms with van der Waals surface area (Å²) in [7, 11) is 0. The van der Waals surface area contributed by atoms with E-state index in [4.69, 9.17) is 16.3 Å². The molecular weight excluding hydrogens is 248 g/mol. The van der Waals surface area contributed by atoms with Crippen molar-refractivity contribution in [2.45, 2.75) is 45.4 Å². The quantitative estimate of drug-likeness (QED) is 0.824. The normalized spacial score (nSPS) is 22.9. The molecule has 18 heavy (non-hydrogen) atoms. The molecule has 1 fully saturated rings. The molecule has 1 aliphatic rings. The van der Waals surface area contributed by atoms with Gasteiger partial charge >= 0.3 is 0 Å². The van der Waals surface area contributed by atoms with Gasteiger partial charge in [-0.15, -0.1) is 0 Å². The van der Waals surface area contributed by atoms with Crippen LogP contribution < -0.4 is 0 Å². The van der Waals surface area contributed by atoms with E-state index in [-0.39, 0.29) is 11.2 Å². The van der Waals surface area contributed by atoms with E-state index in [1.54, 1.807) is 12.3 Å². The van der Waals surface area contributed by atoms with E-state index in [0.717, 1.165) is 30.4 Å². The van der Waals surface area contributed by atoms with E-state index in [9.17, 15) is 0 Å². The number of aromatic nitrogens is 1. The van der Waals surface area contributed by atoms with Gasteiger partial charge in [-0.05, 0) is 39.8 Å². The zero-order valence-corrected chi connectivity index (χ0v) is 12.3. The molecule has 0 aromatic carbocycles. The molecule has 0 unspecified atom stereocenters. The van der Waals surface area contributed by atoms with Crippen molar-refractivity contribution in [3.8, 4) is 0 Å². The number of ether oxygens (including phenoxy) is 1. The number of rotatable bonds is 2. The molecule has 4 heteroatoms. The van der Waals surface area contributed by atoms with Crippen molar-refractivity contribution in [2.24, 2.45) is 0 Å². The van der Waals surface area contributed by atoms with Crippen molar-refractivity contribution < 1.29 is 4.74 Å². The molecule has 2 heterocycles. The lowest BCUT2D eigenvalue weighted by Gasteiger charge is -2.47. The zero-order chi connectivity index (χ0) is 13.4. The minimum atomic E-state index is -0.125. The molecule has 0 radical (unpaired) electrons. The van der Waals surface area contributed by atoms with Crippen LogP contribution in [-0.2, 0) is 11.3 Å². The van der Waals surface area contributed by atoms with Crippen molar-refractivity contribution in [2.75, 3.05) is 13.1 Å². The summed E-state index contributed by atoms with van der Waals surface area (Å²) in [6.07, 6.45) is 1.76. The van der Waals surface area contributed by atoms with Gasteiger partial charge in [-0.1, -0.05) is 11.6 Å². The fraction of sp³-hybridized carbons (Fsp3) is 0.643. The Kier molecular flexibility index (Phi) is 3.67. The summed E-state index contributed by atoms with van der Waals surface area (Å²) in [6.45, 7) is 11.2. The van der Waals surface area contributed by atoms with Gasteiger partial charge in [0.05, 0.1) is 16.9 Å². The van der Waals surface area contributed by atoms with Crippen LogP contribution in [0.2, 0.25) is 5.02 Å². The number of pyridine rings is 1. The Hall–Kier alpha value is -0.640. The Labute approximate surface area is 114 Å². The Balaban J connectivity index is 2.09. The molecule has 100 valence electrons. The van der Waals surface area contributed by atoms with Crippen LogP contribution in [0.5, 0.6) is 0 Å². The lowest BCUT2D eigenvalue weighted by molar-refractivity contribution is -0.182. The molecule has 0 saturated carbocycles. The number of hydrogen-bond donors (Lipinski definition) is 0. The largest absolute Gasteiger partial charge is 0.367 e. The van der Waals surface area contributed by atoms with Crippen molar-refractivity contribution in [1.29, 1.82) is 0 Å². The van der Waals surface area contributed by atoms with Gasteiger partial charge in [-0.2, -0.15) is 0 Å². The molecule has 1 aromatic rings. The van der Waals surface area contributed by atoms with E-state index >= 15 is 0 Å². The molecule has 2 rings (SSSR count). The molecular formula is C14H21ClN2O. The standard InChI is InChI=1S/C14H21ClN2O/c1-13(2)9-17(10-14(3,4)18-13)8-12-7-11(15)5-6-16-12/h5-7H,8-10H2,1-4H3. The topological polar surface area (TPSA) is 25.4 Å². The Morgan fingerprint density at radius 1 is 1.28 bits per heavy atom. The highest BCUT2D eigenvalue weighted by Crippen LogP contribution is 2.28. The second kappa shape index (κ2) is 4.80. The highest BCUT2D eigenvalue weighted by Gasteiger charge is 2.37. The summed E-state index contributed by atoms with van der Waals surface area (Å²) < 4.78 is 6.06. The summed E-state index contributed by atoms with van der Waals surface area (Å²) in [5.74, 6) is 0. The molecule has 0 amide bonds. The molecule has 1 saturated heterocycles. The third-order valence-electron chi connectivity index (χ3n) is 2.93. The summed E-state index contributed by atoms with van der Waals surface area (Å²) in [5.41, 5.74) is 0.761. The summed E-state index contributed by atoms with van der Waals surface area (Å²) in [5, 5.41) is 0.742. The van der Waals surface area contributed by atoms with Crippen molar-refractivity contribution in [1.82, 2.24) is 9.88 Å². The van der Waals surface area contributed by atoms with Crippen LogP contribution in [0.15, 0.2) is 18.3 Å². The second-order valence-electron chi connectivity index (χ2n) is 6.23. The molecule has 1 aliphatic heterocycles. The SMILES string of the molecule is CC1(C)CN(Cc2cc(Cl)ccn2)CC(C)(C)O1. The predicted molar refractivity (Wildman–Crippen MR) is 73.8 cm³/mol. The van der Waals surface area contributed by atoms with Crippen molar-refractivity contribution in [3.05, 3.63) is 29.0 Å². The molecule has 1 aromatic heterocycles. The fourth-order valence-corrected chi connectivity index (χ4v) is 3.00. The predicted octanol–water partition coefficient (Wildman–Crippen LogP) is 3.12. The lowest BCUT2D eigenvalue weighted by atomic mass is 9.99. The van der Waals surface area contributed by atoms with Crippen LogP contribution in [0.1, 0.15) is 33.4 Å². The highest BCUT2D eigenvalue weighted by atomic mass is 35.5. The smallest absolute Gasteiger partial charge is 0.0760 e. The molecule has 0 spiro atoms. The average Bonchev–Trinajstić information content (AvgIpc) is 2.11. The first-order valence-corrected chi connectivity index (χ1v) is 6.67. The van der Waals surface area contributed by atoms with Gasteiger partial charge in [0, 0.05) is 30.9 Å². The van der Waals surface area contributed by atoms with E-state index in [1.165, 1.54) is 0 Å². The van der Waals surface area contributed by atoms with E-state index in [1.807, 2.05) is 6.07 Å². The Morgan fingerprint density at radius 3 is 2.44 bits per heavy atom. The fourth-order valence-electron chi connectivity index (χ4n) is 2.82. The number of halogens is 1. The molecule has 0 atom stereocenters. The highest BCUT2D eigenvalue weighted by molar-refractivity contribution is 6.30. The summed E-state index contributed by atoms with van der Waals surface area (Å²) >= 11 is 5.99. The van der Waals surface area contributed by atoms with Crippen LogP contribution in [0.3, 0.4) is 0 Å². The van der Waals surface area contributed by atoms with Gasteiger partial charge in [0.25, 0.3) is 0 Å². The number of nitrogens with zero attached hydrogens (tertiary/aromatic N) is 2. The van der Waals surface area contributed by atoms with Crippen LogP contribution in [0, 0.1) is 0 Å². The first-order valence-electron chi connectivity index (χ1n) is 6.29. The van der Waals surface area contributed by atoms with E-state index in [2.05, 4.69) is 37.6 Å². The van der Waals surface area contributed by atoms with Gasteiger partial charge in [0.15, 0.2) is 0 Å². The van der Waals surface area contributed by atoms with Gasteiger partial charge in [-0.25, -0.2) is 0 Å². The van der Waals surface area contributed by atoms with E-state index < -0.39 is 0 Å². The van der Waals surface area contributed by atoms with Crippen molar-refractivity contribution in [3.63, 3.8) is 0 Å².